The SMILES string of the molecule is CCNc1nc(-c2ccc(F)c(F)c2)ncc1Br. The van der Waals surface area contributed by atoms with Crippen molar-refractivity contribution < 1.29 is 8.78 Å². The van der Waals surface area contributed by atoms with E-state index in [-0.39, 0.29) is 0 Å². The molecule has 0 saturated carbocycles. The largest absolute Gasteiger partial charge is 0.369 e. The van der Waals surface area contributed by atoms with Gasteiger partial charge in [0.15, 0.2) is 17.5 Å². The Balaban J connectivity index is 2.44. The number of halogens is 3. The Morgan fingerprint density at radius 3 is 2.72 bits per heavy atom. The number of benzene rings is 1. The minimum atomic E-state index is -0.913. The van der Waals surface area contributed by atoms with Gasteiger partial charge >= 0.3 is 0 Å². The summed E-state index contributed by atoms with van der Waals surface area (Å²) in [6.45, 7) is 2.64. The molecule has 1 N–H and O–H groups in total. The maximum absolute atomic E-state index is 13.1. The van der Waals surface area contributed by atoms with Gasteiger partial charge in [-0.25, -0.2) is 18.7 Å². The molecule has 1 heterocycles. The average Bonchev–Trinajstić information content (AvgIpc) is 2.36. The van der Waals surface area contributed by atoms with E-state index in [9.17, 15) is 8.78 Å². The predicted molar refractivity (Wildman–Crippen MR) is 69.2 cm³/mol. The highest BCUT2D eigenvalue weighted by molar-refractivity contribution is 9.10. The van der Waals surface area contributed by atoms with Crippen molar-refractivity contribution in [1.29, 1.82) is 0 Å². The van der Waals surface area contributed by atoms with Crippen LogP contribution >= 0.6 is 15.9 Å². The minimum Gasteiger partial charge on any atom is -0.369 e. The first-order valence-electron chi connectivity index (χ1n) is 5.33. The van der Waals surface area contributed by atoms with Gasteiger partial charge in [0, 0.05) is 18.3 Å². The first kappa shape index (κ1) is 12.9. The Morgan fingerprint density at radius 2 is 2.06 bits per heavy atom. The number of hydrogen-bond donors (Lipinski definition) is 1. The standard InChI is InChI=1S/C12H10BrF2N3/c1-2-16-12-8(13)6-17-11(18-12)7-3-4-9(14)10(15)5-7/h3-6H,2H2,1H3,(H,16,17,18). The quantitative estimate of drug-likeness (QED) is 0.940. The second kappa shape index (κ2) is 5.39. The molecule has 1 aromatic carbocycles. The van der Waals surface area contributed by atoms with Crippen molar-refractivity contribution in [2.75, 3.05) is 11.9 Å². The Morgan fingerprint density at radius 1 is 1.28 bits per heavy atom. The van der Waals surface area contributed by atoms with Gasteiger partial charge < -0.3 is 5.32 Å². The summed E-state index contributed by atoms with van der Waals surface area (Å²) in [7, 11) is 0. The lowest BCUT2D eigenvalue weighted by atomic mass is 10.2. The van der Waals surface area contributed by atoms with Crippen LogP contribution in [0.3, 0.4) is 0 Å². The third-order valence-corrected chi connectivity index (χ3v) is 2.85. The fraction of sp³-hybridized carbons (Fsp3) is 0.167. The summed E-state index contributed by atoms with van der Waals surface area (Å²) in [5, 5.41) is 3.05. The second-order valence-corrected chi connectivity index (χ2v) is 4.40. The summed E-state index contributed by atoms with van der Waals surface area (Å²) >= 11 is 3.31. The van der Waals surface area contributed by atoms with E-state index in [1.165, 1.54) is 6.07 Å². The highest BCUT2D eigenvalue weighted by Crippen LogP contribution is 2.24. The summed E-state index contributed by atoms with van der Waals surface area (Å²) in [5.41, 5.74) is 0.431. The topological polar surface area (TPSA) is 37.8 Å². The molecule has 2 aromatic rings. The molecule has 0 radical (unpaired) electrons. The van der Waals surface area contributed by atoms with Crippen LogP contribution in [0.15, 0.2) is 28.9 Å². The van der Waals surface area contributed by atoms with Crippen molar-refractivity contribution in [2.24, 2.45) is 0 Å². The molecule has 94 valence electrons. The Bertz CT molecular complexity index is 575. The van der Waals surface area contributed by atoms with Gasteiger partial charge in [-0.1, -0.05) is 0 Å². The molecule has 0 unspecified atom stereocenters. The van der Waals surface area contributed by atoms with Crippen LogP contribution in [-0.4, -0.2) is 16.5 Å². The summed E-state index contributed by atoms with van der Waals surface area (Å²) in [4.78, 5) is 8.32. The molecule has 0 saturated heterocycles. The third kappa shape index (κ3) is 2.64. The van der Waals surface area contributed by atoms with Gasteiger partial charge in [0.1, 0.15) is 5.82 Å². The lowest BCUT2D eigenvalue weighted by Gasteiger charge is -2.07. The van der Waals surface area contributed by atoms with E-state index in [4.69, 9.17) is 0 Å². The van der Waals surface area contributed by atoms with E-state index in [1.54, 1.807) is 6.20 Å². The first-order chi connectivity index (χ1) is 8.61. The zero-order chi connectivity index (χ0) is 13.1. The van der Waals surface area contributed by atoms with Gasteiger partial charge in [0.2, 0.25) is 0 Å². The number of nitrogens with one attached hydrogen (secondary N) is 1. The van der Waals surface area contributed by atoms with E-state index < -0.39 is 11.6 Å². The maximum atomic E-state index is 13.1. The number of anilines is 1. The number of aromatic nitrogens is 2. The van der Waals surface area contributed by atoms with Gasteiger partial charge in [0.05, 0.1) is 4.47 Å². The predicted octanol–water partition coefficient (Wildman–Crippen LogP) is 3.62. The van der Waals surface area contributed by atoms with Crippen molar-refractivity contribution >= 4 is 21.7 Å². The van der Waals surface area contributed by atoms with Gasteiger partial charge in [-0.3, -0.25) is 0 Å². The fourth-order valence-corrected chi connectivity index (χ4v) is 1.76. The average molecular weight is 314 g/mol. The Kier molecular flexibility index (Phi) is 3.86. The second-order valence-electron chi connectivity index (χ2n) is 3.55. The van der Waals surface area contributed by atoms with E-state index in [0.29, 0.717) is 23.8 Å². The molecule has 3 nitrogen and oxygen atoms in total. The van der Waals surface area contributed by atoms with Gasteiger partial charge in [0.25, 0.3) is 0 Å². The van der Waals surface area contributed by atoms with Crippen molar-refractivity contribution in [3.05, 3.63) is 40.5 Å². The molecule has 18 heavy (non-hydrogen) atoms. The third-order valence-electron chi connectivity index (χ3n) is 2.27. The molecule has 1 aromatic heterocycles. The van der Waals surface area contributed by atoms with Crippen LogP contribution in [0, 0.1) is 11.6 Å². The van der Waals surface area contributed by atoms with E-state index >= 15 is 0 Å². The Hall–Kier alpha value is -1.56. The smallest absolute Gasteiger partial charge is 0.161 e. The lowest BCUT2D eigenvalue weighted by molar-refractivity contribution is 0.509. The summed E-state index contributed by atoms with van der Waals surface area (Å²) in [6.07, 6.45) is 1.57. The van der Waals surface area contributed by atoms with Crippen LogP contribution < -0.4 is 5.32 Å². The molecule has 2 rings (SSSR count). The molecule has 0 bridgehead atoms. The molecule has 6 heteroatoms. The lowest BCUT2D eigenvalue weighted by Crippen LogP contribution is -2.02. The van der Waals surface area contributed by atoms with Crippen LogP contribution in [0.2, 0.25) is 0 Å². The molecule has 0 spiro atoms. The van der Waals surface area contributed by atoms with Crippen LogP contribution in [-0.2, 0) is 0 Å². The summed E-state index contributed by atoms with van der Waals surface area (Å²) in [5.74, 6) is -0.841. The highest BCUT2D eigenvalue weighted by Gasteiger charge is 2.09. The molecule has 0 aliphatic rings. The van der Waals surface area contributed by atoms with E-state index in [0.717, 1.165) is 16.6 Å². The summed E-state index contributed by atoms with van der Waals surface area (Å²) in [6, 6.07) is 3.58. The van der Waals surface area contributed by atoms with Crippen molar-refractivity contribution in [2.45, 2.75) is 6.92 Å². The zero-order valence-electron chi connectivity index (χ0n) is 9.54. The molecule has 0 atom stereocenters. The van der Waals surface area contributed by atoms with Crippen LogP contribution in [0.25, 0.3) is 11.4 Å². The van der Waals surface area contributed by atoms with E-state index in [2.05, 4.69) is 31.2 Å². The van der Waals surface area contributed by atoms with Gasteiger partial charge in [-0.15, -0.1) is 0 Å². The highest BCUT2D eigenvalue weighted by atomic mass is 79.9. The monoisotopic (exact) mass is 313 g/mol. The fourth-order valence-electron chi connectivity index (χ4n) is 1.43. The van der Waals surface area contributed by atoms with Crippen molar-refractivity contribution in [3.63, 3.8) is 0 Å². The van der Waals surface area contributed by atoms with Crippen LogP contribution in [0.1, 0.15) is 6.92 Å². The zero-order valence-corrected chi connectivity index (χ0v) is 11.1. The first-order valence-corrected chi connectivity index (χ1v) is 6.13. The Labute approximate surface area is 111 Å². The molecule has 0 fully saturated rings. The van der Waals surface area contributed by atoms with Gasteiger partial charge in [-0.05, 0) is 41.1 Å². The van der Waals surface area contributed by atoms with Gasteiger partial charge in [-0.2, -0.15) is 0 Å². The maximum Gasteiger partial charge on any atom is 0.161 e. The number of hydrogen-bond acceptors (Lipinski definition) is 3. The van der Waals surface area contributed by atoms with Crippen LogP contribution in [0.5, 0.6) is 0 Å². The normalized spacial score (nSPS) is 10.4. The molecule has 0 aliphatic heterocycles. The van der Waals surface area contributed by atoms with E-state index in [1.807, 2.05) is 6.92 Å². The molecule has 0 aliphatic carbocycles. The minimum absolute atomic E-state index is 0.341. The molecule has 0 amide bonds. The number of rotatable bonds is 3. The summed E-state index contributed by atoms with van der Waals surface area (Å²) < 4.78 is 26.7. The van der Waals surface area contributed by atoms with Crippen molar-refractivity contribution in [3.8, 4) is 11.4 Å². The van der Waals surface area contributed by atoms with Crippen molar-refractivity contribution in [1.82, 2.24) is 9.97 Å². The number of nitrogens with zero attached hydrogens (tertiary/aromatic N) is 2. The van der Waals surface area contributed by atoms with Crippen LogP contribution in [0.4, 0.5) is 14.6 Å². The molecular weight excluding hydrogens is 304 g/mol. The molecular formula is C12H10BrF2N3.